The van der Waals surface area contributed by atoms with Gasteiger partial charge in [0.05, 0.1) is 6.42 Å². The predicted octanol–water partition coefficient (Wildman–Crippen LogP) is 2.81. The molecular weight excluding hydrogens is 364 g/mol. The second-order valence-electron chi connectivity index (χ2n) is 7.10. The fourth-order valence-electron chi connectivity index (χ4n) is 3.37. The molecule has 1 amide bonds. The topological polar surface area (TPSA) is 74.2 Å². The molecule has 0 radical (unpaired) electrons. The molecule has 0 spiro atoms. The number of nitrogens with zero attached hydrogens (tertiary/aromatic N) is 5. The lowest BCUT2D eigenvalue weighted by Gasteiger charge is -2.35. The minimum Gasteiger partial charge on any atom is -0.352 e. The van der Waals surface area contributed by atoms with E-state index in [0.29, 0.717) is 25.3 Å². The predicted molar refractivity (Wildman–Crippen MR) is 113 cm³/mol. The van der Waals surface area contributed by atoms with Crippen LogP contribution in [0.2, 0.25) is 0 Å². The van der Waals surface area contributed by atoms with Crippen LogP contribution in [-0.2, 0) is 11.2 Å². The van der Waals surface area contributed by atoms with Crippen LogP contribution in [-0.4, -0.2) is 52.2 Å². The highest BCUT2D eigenvalue weighted by Crippen LogP contribution is 2.17. The summed E-state index contributed by atoms with van der Waals surface area (Å²) >= 11 is 0. The van der Waals surface area contributed by atoms with Gasteiger partial charge in [0.25, 0.3) is 0 Å². The van der Waals surface area contributed by atoms with Gasteiger partial charge in [0, 0.05) is 31.9 Å². The van der Waals surface area contributed by atoms with Gasteiger partial charge in [-0.2, -0.15) is 0 Å². The number of rotatable bonds is 5. The minimum absolute atomic E-state index is 0.173. The maximum absolute atomic E-state index is 12.5. The van der Waals surface area contributed by atoms with Crippen molar-refractivity contribution in [1.82, 2.24) is 20.1 Å². The molecule has 29 heavy (non-hydrogen) atoms. The first kappa shape index (κ1) is 18.9. The van der Waals surface area contributed by atoms with Gasteiger partial charge in [-0.05, 0) is 36.8 Å². The monoisotopic (exact) mass is 388 g/mol. The van der Waals surface area contributed by atoms with Crippen molar-refractivity contribution in [3.8, 4) is 0 Å². The molecule has 0 atom stereocenters. The van der Waals surface area contributed by atoms with E-state index in [9.17, 15) is 4.79 Å². The van der Waals surface area contributed by atoms with Crippen molar-refractivity contribution in [2.75, 3.05) is 36.4 Å². The summed E-state index contributed by atoms with van der Waals surface area (Å²) < 4.78 is 0. The number of hydrogen-bond donors (Lipinski definition) is 1. The van der Waals surface area contributed by atoms with Gasteiger partial charge in [-0.1, -0.05) is 36.4 Å². The summed E-state index contributed by atoms with van der Waals surface area (Å²) in [5.41, 5.74) is 2.00. The number of nitrogens with one attached hydrogen (secondary N) is 1. The Kier molecular flexibility index (Phi) is 5.65. The maximum atomic E-state index is 12.5. The zero-order valence-corrected chi connectivity index (χ0v) is 16.5. The van der Waals surface area contributed by atoms with Crippen LogP contribution in [0.15, 0.2) is 60.7 Å². The third-order valence-electron chi connectivity index (χ3n) is 4.95. The fraction of sp³-hybridized carbons (Fsp3) is 0.273. The first-order valence-electron chi connectivity index (χ1n) is 9.78. The standard InChI is InChI=1S/C22H24N6O/c1-17-6-5-9-19(23-17)24-20-10-11-21(26-25-20)27-12-14-28(15-13-27)22(29)16-18-7-3-2-4-8-18/h2-11H,12-16H2,1H3,(H,23,24,25). The third kappa shape index (κ3) is 4.87. The van der Waals surface area contributed by atoms with E-state index in [2.05, 4.69) is 25.4 Å². The van der Waals surface area contributed by atoms with E-state index in [1.54, 1.807) is 0 Å². The van der Waals surface area contributed by atoms with Crippen LogP contribution in [0.1, 0.15) is 11.3 Å². The lowest BCUT2D eigenvalue weighted by molar-refractivity contribution is -0.130. The molecule has 7 heteroatoms. The summed E-state index contributed by atoms with van der Waals surface area (Å²) in [4.78, 5) is 21.0. The molecule has 1 N–H and O–H groups in total. The average molecular weight is 388 g/mol. The van der Waals surface area contributed by atoms with Crippen LogP contribution >= 0.6 is 0 Å². The van der Waals surface area contributed by atoms with Crippen LogP contribution in [0, 0.1) is 6.92 Å². The molecule has 7 nitrogen and oxygen atoms in total. The van der Waals surface area contributed by atoms with Gasteiger partial charge < -0.3 is 15.1 Å². The number of aromatic nitrogens is 3. The number of carbonyl (C=O) groups is 1. The molecule has 1 saturated heterocycles. The number of carbonyl (C=O) groups excluding carboxylic acids is 1. The lowest BCUT2D eigenvalue weighted by atomic mass is 10.1. The molecule has 0 unspecified atom stereocenters. The third-order valence-corrected chi connectivity index (χ3v) is 4.95. The van der Waals surface area contributed by atoms with E-state index in [0.717, 1.165) is 36.0 Å². The Morgan fingerprint density at radius 2 is 1.69 bits per heavy atom. The van der Waals surface area contributed by atoms with E-state index in [1.807, 2.05) is 72.5 Å². The Morgan fingerprint density at radius 1 is 0.897 bits per heavy atom. The van der Waals surface area contributed by atoms with Crippen molar-refractivity contribution >= 4 is 23.4 Å². The highest BCUT2D eigenvalue weighted by atomic mass is 16.2. The Morgan fingerprint density at radius 3 is 2.38 bits per heavy atom. The Balaban J connectivity index is 1.31. The minimum atomic E-state index is 0.173. The second kappa shape index (κ2) is 8.68. The van der Waals surface area contributed by atoms with Gasteiger partial charge in [0.2, 0.25) is 5.91 Å². The fourth-order valence-corrected chi connectivity index (χ4v) is 3.37. The first-order chi connectivity index (χ1) is 14.2. The van der Waals surface area contributed by atoms with Crippen molar-refractivity contribution in [2.45, 2.75) is 13.3 Å². The summed E-state index contributed by atoms with van der Waals surface area (Å²) in [6.45, 7) is 4.84. The van der Waals surface area contributed by atoms with E-state index in [-0.39, 0.29) is 5.91 Å². The van der Waals surface area contributed by atoms with Crippen LogP contribution in [0.4, 0.5) is 17.5 Å². The number of piperazine rings is 1. The number of benzene rings is 1. The smallest absolute Gasteiger partial charge is 0.227 e. The van der Waals surface area contributed by atoms with Crippen molar-refractivity contribution in [3.63, 3.8) is 0 Å². The van der Waals surface area contributed by atoms with E-state index in [1.165, 1.54) is 0 Å². The molecule has 0 bridgehead atoms. The first-order valence-corrected chi connectivity index (χ1v) is 9.78. The number of aryl methyl sites for hydroxylation is 1. The molecule has 0 aliphatic carbocycles. The maximum Gasteiger partial charge on any atom is 0.227 e. The lowest BCUT2D eigenvalue weighted by Crippen LogP contribution is -2.49. The zero-order valence-electron chi connectivity index (χ0n) is 16.5. The van der Waals surface area contributed by atoms with Gasteiger partial charge in [0.1, 0.15) is 5.82 Å². The highest BCUT2D eigenvalue weighted by molar-refractivity contribution is 5.79. The molecule has 1 fully saturated rings. The normalized spacial score (nSPS) is 14.0. The largest absolute Gasteiger partial charge is 0.352 e. The number of pyridine rings is 1. The molecule has 3 heterocycles. The summed E-state index contributed by atoms with van der Waals surface area (Å²) in [6, 6.07) is 19.5. The van der Waals surface area contributed by atoms with E-state index < -0.39 is 0 Å². The zero-order chi connectivity index (χ0) is 20.1. The Bertz CT molecular complexity index is 953. The summed E-state index contributed by atoms with van der Waals surface area (Å²) in [5, 5.41) is 11.8. The van der Waals surface area contributed by atoms with Crippen molar-refractivity contribution in [2.24, 2.45) is 0 Å². The van der Waals surface area contributed by atoms with Gasteiger partial charge >= 0.3 is 0 Å². The molecule has 1 aromatic carbocycles. The number of anilines is 3. The van der Waals surface area contributed by atoms with Crippen molar-refractivity contribution < 1.29 is 4.79 Å². The Hall–Kier alpha value is -3.48. The molecular formula is C22H24N6O. The summed E-state index contributed by atoms with van der Waals surface area (Å²) in [7, 11) is 0. The van der Waals surface area contributed by atoms with Gasteiger partial charge in [-0.15, -0.1) is 10.2 Å². The Labute approximate surface area is 170 Å². The average Bonchev–Trinajstić information content (AvgIpc) is 2.75. The van der Waals surface area contributed by atoms with Gasteiger partial charge in [-0.25, -0.2) is 4.98 Å². The number of hydrogen-bond acceptors (Lipinski definition) is 6. The van der Waals surface area contributed by atoms with Crippen LogP contribution in [0.25, 0.3) is 0 Å². The SMILES string of the molecule is Cc1cccc(Nc2ccc(N3CCN(C(=O)Cc4ccccc4)CC3)nn2)n1. The van der Waals surface area contributed by atoms with E-state index in [4.69, 9.17) is 0 Å². The van der Waals surface area contributed by atoms with E-state index >= 15 is 0 Å². The van der Waals surface area contributed by atoms with Gasteiger partial charge in [-0.3, -0.25) is 4.79 Å². The molecule has 0 saturated carbocycles. The molecule has 2 aromatic heterocycles. The van der Waals surface area contributed by atoms with Crippen LogP contribution < -0.4 is 10.2 Å². The molecule has 1 aliphatic rings. The van der Waals surface area contributed by atoms with Crippen molar-refractivity contribution in [1.29, 1.82) is 0 Å². The molecule has 3 aromatic rings. The van der Waals surface area contributed by atoms with Crippen LogP contribution in [0.5, 0.6) is 0 Å². The second-order valence-corrected chi connectivity index (χ2v) is 7.10. The molecule has 1 aliphatic heterocycles. The highest BCUT2D eigenvalue weighted by Gasteiger charge is 2.22. The van der Waals surface area contributed by atoms with Crippen LogP contribution in [0.3, 0.4) is 0 Å². The van der Waals surface area contributed by atoms with Crippen molar-refractivity contribution in [3.05, 3.63) is 71.9 Å². The quantitative estimate of drug-likeness (QED) is 0.725. The molecule has 148 valence electrons. The van der Waals surface area contributed by atoms with Gasteiger partial charge in [0.15, 0.2) is 11.6 Å². The molecule has 4 rings (SSSR count). The summed E-state index contributed by atoms with van der Waals surface area (Å²) in [5.74, 6) is 2.40. The summed E-state index contributed by atoms with van der Waals surface area (Å²) in [6.07, 6.45) is 0.452. The number of amides is 1.